The second-order valence-corrected chi connectivity index (χ2v) is 5.35. The monoisotopic (exact) mass is 329 g/mol. The Balaban J connectivity index is 2.22. The van der Waals surface area contributed by atoms with Gasteiger partial charge in [-0.25, -0.2) is 18.6 Å². The van der Waals surface area contributed by atoms with Crippen molar-refractivity contribution < 1.29 is 19.1 Å². The smallest absolute Gasteiger partial charge is 0.410 e. The average Bonchev–Trinajstić information content (AvgIpc) is 2.84. The van der Waals surface area contributed by atoms with Crippen molar-refractivity contribution in [3.63, 3.8) is 0 Å². The Morgan fingerprint density at radius 2 is 2.19 bits per heavy atom. The number of benzene rings is 1. The number of hydrogen-bond acceptors (Lipinski definition) is 4. The van der Waals surface area contributed by atoms with E-state index in [-0.39, 0.29) is 10.0 Å². The van der Waals surface area contributed by atoms with Crippen molar-refractivity contribution in [3.8, 4) is 0 Å². The highest BCUT2D eigenvalue weighted by Crippen LogP contribution is 2.27. The van der Waals surface area contributed by atoms with Crippen molar-refractivity contribution in [2.75, 3.05) is 9.74 Å². The van der Waals surface area contributed by atoms with Gasteiger partial charge in [-0.1, -0.05) is 11.3 Å². The highest BCUT2D eigenvalue weighted by molar-refractivity contribution is 7.17. The number of rotatable bonds is 3. The molecule has 9 heteroatoms. The van der Waals surface area contributed by atoms with Crippen molar-refractivity contribution in [2.24, 2.45) is 0 Å². The van der Waals surface area contributed by atoms with Gasteiger partial charge in [0.1, 0.15) is 10.7 Å². The topological polar surface area (TPSA) is 82.5 Å². The molecule has 0 atom stereocenters. The first-order valence-corrected chi connectivity index (χ1v) is 6.76. The first-order chi connectivity index (χ1) is 9.88. The third-order valence-corrected chi connectivity index (χ3v) is 3.72. The van der Waals surface area contributed by atoms with E-state index < -0.39 is 17.8 Å². The Hall–Kier alpha value is -2.19. The van der Waals surface area contributed by atoms with Crippen molar-refractivity contribution >= 4 is 45.9 Å². The number of nitrogens with zero attached hydrogens (tertiary/aromatic N) is 2. The van der Waals surface area contributed by atoms with Crippen LogP contribution >= 0.6 is 23.1 Å². The molecular weight excluding hydrogens is 321 g/mol. The van der Waals surface area contributed by atoms with Crippen LogP contribution in [0.25, 0.3) is 0 Å². The van der Waals surface area contributed by atoms with Gasteiger partial charge in [-0.3, -0.25) is 10.1 Å². The number of halogens is 2. The third-order valence-electron chi connectivity index (χ3n) is 2.48. The molecule has 0 aliphatic heterocycles. The fourth-order valence-corrected chi connectivity index (χ4v) is 2.63. The summed E-state index contributed by atoms with van der Waals surface area (Å²) < 4.78 is 13.9. The summed E-state index contributed by atoms with van der Waals surface area (Å²) in [6, 6.07) is 3.82. The zero-order valence-corrected chi connectivity index (χ0v) is 12.2. The minimum Gasteiger partial charge on any atom is -0.465 e. The Bertz CT molecular complexity index is 707. The maximum absolute atomic E-state index is 13.0. The molecule has 0 fully saturated rings. The van der Waals surface area contributed by atoms with E-state index in [2.05, 4.69) is 4.98 Å². The lowest BCUT2D eigenvalue weighted by atomic mass is 10.2. The summed E-state index contributed by atoms with van der Waals surface area (Å²) in [6.07, 6.45) is -0.0626. The molecule has 0 bridgehead atoms. The molecule has 0 saturated carbocycles. The number of aromatic nitrogens is 1. The number of carbonyl (C=O) groups excluding carboxylic acids is 1. The molecule has 2 aromatic rings. The van der Waals surface area contributed by atoms with Crippen LogP contribution in [-0.4, -0.2) is 22.1 Å². The maximum Gasteiger partial charge on any atom is 0.410 e. The Morgan fingerprint density at radius 3 is 2.81 bits per heavy atom. The molecule has 110 valence electrons. The molecule has 2 rings (SSSR count). The lowest BCUT2D eigenvalue weighted by Crippen LogP contribution is -2.20. The zero-order valence-electron chi connectivity index (χ0n) is 10.6. The van der Waals surface area contributed by atoms with E-state index >= 15 is 0 Å². The molecule has 0 aliphatic carbocycles. The average molecular weight is 330 g/mol. The van der Waals surface area contributed by atoms with E-state index in [0.29, 0.717) is 11.3 Å². The molecular formula is C12H9ClFN3O3S. The summed E-state index contributed by atoms with van der Waals surface area (Å²) in [4.78, 5) is 26.6. The van der Waals surface area contributed by atoms with Gasteiger partial charge in [-0.05, 0) is 30.7 Å². The van der Waals surface area contributed by atoms with Gasteiger partial charge in [0.25, 0.3) is 5.91 Å². The lowest BCUT2D eigenvalue weighted by molar-refractivity contribution is 0.101. The van der Waals surface area contributed by atoms with Crippen molar-refractivity contribution in [1.82, 2.24) is 4.98 Å². The van der Waals surface area contributed by atoms with Crippen molar-refractivity contribution in [2.45, 2.75) is 6.92 Å². The van der Waals surface area contributed by atoms with E-state index in [1.165, 1.54) is 24.4 Å². The van der Waals surface area contributed by atoms with Gasteiger partial charge in [0.15, 0.2) is 5.13 Å². The molecule has 1 aromatic carbocycles. The fraction of sp³-hybridized carbons (Fsp3) is 0.0833. The quantitative estimate of drug-likeness (QED) is 0.844. The van der Waals surface area contributed by atoms with E-state index in [1.54, 1.807) is 6.92 Å². The molecule has 0 radical (unpaired) electrons. The van der Waals surface area contributed by atoms with Crippen LogP contribution in [0.15, 0.2) is 24.4 Å². The first-order valence-electron chi connectivity index (χ1n) is 5.60. The number of nitrogens with one attached hydrogen (secondary N) is 1. The third kappa shape index (κ3) is 3.47. The molecule has 2 N–H and O–H groups in total. The second-order valence-electron chi connectivity index (χ2n) is 3.98. The Kier molecular flexibility index (Phi) is 4.39. The van der Waals surface area contributed by atoms with Crippen LogP contribution in [0.2, 0.25) is 0 Å². The largest absolute Gasteiger partial charge is 0.465 e. The standard InChI is InChI=1S/C12H9ClFN3O3S/c1-6-4-7(14)2-3-8(6)17(13)10(18)9-5-15-11(21-9)16-12(19)20/h2-5H,1H3,(H,15,16)(H,19,20). The summed E-state index contributed by atoms with van der Waals surface area (Å²) in [5.41, 5.74) is 0.830. The molecule has 1 heterocycles. The van der Waals surface area contributed by atoms with E-state index in [0.717, 1.165) is 15.8 Å². The van der Waals surface area contributed by atoms with Crippen LogP contribution in [0.4, 0.5) is 20.0 Å². The van der Waals surface area contributed by atoms with E-state index in [4.69, 9.17) is 16.9 Å². The van der Waals surface area contributed by atoms with Crippen LogP contribution < -0.4 is 9.74 Å². The number of carbonyl (C=O) groups is 2. The molecule has 0 spiro atoms. The fourth-order valence-electron chi connectivity index (χ4n) is 1.57. The number of aryl methyl sites for hydroxylation is 1. The second kappa shape index (κ2) is 6.06. The minimum atomic E-state index is -1.28. The molecule has 1 aromatic heterocycles. The van der Waals surface area contributed by atoms with Gasteiger partial charge in [0, 0.05) is 11.8 Å². The van der Waals surface area contributed by atoms with E-state index in [1.807, 2.05) is 5.32 Å². The summed E-state index contributed by atoms with van der Waals surface area (Å²) in [7, 11) is 0. The predicted octanol–water partition coefficient (Wildman–Crippen LogP) is 3.48. The normalized spacial score (nSPS) is 10.2. The zero-order chi connectivity index (χ0) is 15.6. The SMILES string of the molecule is Cc1cc(F)ccc1N(Cl)C(=O)c1cnc(NC(=O)O)s1. The predicted molar refractivity (Wildman–Crippen MR) is 77.6 cm³/mol. The molecule has 6 nitrogen and oxygen atoms in total. The lowest BCUT2D eigenvalue weighted by Gasteiger charge is -2.15. The van der Waals surface area contributed by atoms with Crippen molar-refractivity contribution in [3.05, 3.63) is 40.7 Å². The minimum absolute atomic E-state index is 0.0618. The van der Waals surface area contributed by atoms with Crippen molar-refractivity contribution in [1.29, 1.82) is 0 Å². The molecule has 21 heavy (non-hydrogen) atoms. The van der Waals surface area contributed by atoms with Crippen LogP contribution in [0.1, 0.15) is 15.2 Å². The number of amides is 2. The highest BCUT2D eigenvalue weighted by atomic mass is 35.5. The van der Waals surface area contributed by atoms with Crippen LogP contribution in [0.3, 0.4) is 0 Å². The summed E-state index contributed by atoms with van der Waals surface area (Å²) in [5, 5.41) is 10.7. The molecule has 0 aliphatic rings. The number of hydrogen-bond donors (Lipinski definition) is 2. The van der Waals surface area contributed by atoms with E-state index in [9.17, 15) is 14.0 Å². The van der Waals surface area contributed by atoms with Crippen LogP contribution in [0, 0.1) is 12.7 Å². The van der Waals surface area contributed by atoms with Crippen LogP contribution in [0.5, 0.6) is 0 Å². The molecule has 2 amide bonds. The van der Waals surface area contributed by atoms with Crippen LogP contribution in [-0.2, 0) is 0 Å². The molecule has 0 saturated heterocycles. The number of anilines is 2. The number of carboxylic acid groups (broad SMARTS) is 1. The highest BCUT2D eigenvalue weighted by Gasteiger charge is 2.20. The Labute approximate surface area is 127 Å². The summed E-state index contributed by atoms with van der Waals surface area (Å²) >= 11 is 6.82. The summed E-state index contributed by atoms with van der Waals surface area (Å²) in [5.74, 6) is -1.01. The number of thiazole rings is 1. The Morgan fingerprint density at radius 1 is 1.48 bits per heavy atom. The van der Waals surface area contributed by atoms with Gasteiger partial charge in [0.2, 0.25) is 0 Å². The molecule has 0 unspecified atom stereocenters. The van der Waals surface area contributed by atoms with Gasteiger partial charge in [-0.2, -0.15) is 0 Å². The first kappa shape index (κ1) is 15.2. The van der Waals surface area contributed by atoms with Gasteiger partial charge in [-0.15, -0.1) is 0 Å². The summed E-state index contributed by atoms with van der Waals surface area (Å²) in [6.45, 7) is 1.62. The van der Waals surface area contributed by atoms with Gasteiger partial charge < -0.3 is 5.11 Å². The van der Waals surface area contributed by atoms with Gasteiger partial charge >= 0.3 is 6.09 Å². The maximum atomic E-state index is 13.0. The van der Waals surface area contributed by atoms with Gasteiger partial charge in [0.05, 0.1) is 11.9 Å².